The first-order valence-electron chi connectivity index (χ1n) is 7.32. The second kappa shape index (κ2) is 8.19. The van der Waals surface area contributed by atoms with Gasteiger partial charge in [0, 0.05) is 25.8 Å². The van der Waals surface area contributed by atoms with Crippen LogP contribution in [0.25, 0.3) is 0 Å². The first-order valence-corrected chi connectivity index (χ1v) is 9.39. The minimum absolute atomic E-state index is 0.0439. The van der Waals surface area contributed by atoms with Gasteiger partial charge in [0.05, 0.1) is 20.0 Å². The van der Waals surface area contributed by atoms with E-state index in [1.165, 1.54) is 11.2 Å². The summed E-state index contributed by atoms with van der Waals surface area (Å²) in [6, 6.07) is 5.17. The van der Waals surface area contributed by atoms with Gasteiger partial charge in [-0.3, -0.25) is 4.79 Å². The van der Waals surface area contributed by atoms with E-state index in [9.17, 15) is 13.2 Å². The molecule has 0 aliphatic rings. The Bertz CT molecular complexity index is 642. The SMILES string of the molecule is COc1cccc(CCC(=O)N(C)[C@@H](C)CS(C)(=O)=O)c1OC. The van der Waals surface area contributed by atoms with Crippen LogP contribution in [0, 0.1) is 0 Å². The highest BCUT2D eigenvalue weighted by Gasteiger charge is 2.20. The van der Waals surface area contributed by atoms with Crippen LogP contribution >= 0.6 is 0 Å². The maximum absolute atomic E-state index is 12.3. The predicted molar refractivity (Wildman–Crippen MR) is 89.8 cm³/mol. The summed E-state index contributed by atoms with van der Waals surface area (Å²) in [5.74, 6) is 1.09. The van der Waals surface area contributed by atoms with E-state index in [-0.39, 0.29) is 24.1 Å². The zero-order valence-corrected chi connectivity index (χ0v) is 15.1. The highest BCUT2D eigenvalue weighted by Crippen LogP contribution is 2.31. The van der Waals surface area contributed by atoms with Gasteiger partial charge >= 0.3 is 0 Å². The van der Waals surface area contributed by atoms with Crippen LogP contribution in [0.3, 0.4) is 0 Å². The largest absolute Gasteiger partial charge is 0.493 e. The number of rotatable bonds is 8. The molecule has 0 heterocycles. The molecular formula is C16H25NO5S. The van der Waals surface area contributed by atoms with Crippen LogP contribution in [0.15, 0.2) is 18.2 Å². The Balaban J connectivity index is 2.73. The number of methoxy groups -OCH3 is 2. The molecule has 1 rings (SSSR count). The molecule has 0 spiro atoms. The summed E-state index contributed by atoms with van der Waals surface area (Å²) in [6.45, 7) is 1.73. The van der Waals surface area contributed by atoms with Gasteiger partial charge in [-0.15, -0.1) is 0 Å². The molecule has 0 unspecified atom stereocenters. The number of hydrogen-bond acceptors (Lipinski definition) is 5. The molecule has 7 heteroatoms. The number of aryl methyl sites for hydroxylation is 1. The molecule has 0 saturated carbocycles. The lowest BCUT2D eigenvalue weighted by Gasteiger charge is -2.24. The lowest BCUT2D eigenvalue weighted by atomic mass is 10.1. The summed E-state index contributed by atoms with van der Waals surface area (Å²) < 4.78 is 33.2. The van der Waals surface area contributed by atoms with Crippen molar-refractivity contribution in [3.05, 3.63) is 23.8 Å². The molecule has 6 nitrogen and oxygen atoms in total. The monoisotopic (exact) mass is 343 g/mol. The van der Waals surface area contributed by atoms with Gasteiger partial charge < -0.3 is 14.4 Å². The van der Waals surface area contributed by atoms with Crippen molar-refractivity contribution in [1.29, 1.82) is 0 Å². The standard InChI is InChI=1S/C16H25NO5S/c1-12(11-23(5,19)20)17(2)15(18)10-9-13-7-6-8-14(21-3)16(13)22-4/h6-8,12H,9-11H2,1-5H3/t12-/m0/s1. The van der Waals surface area contributed by atoms with Gasteiger partial charge in [0.15, 0.2) is 11.5 Å². The van der Waals surface area contributed by atoms with Crippen molar-refractivity contribution >= 4 is 15.7 Å². The van der Waals surface area contributed by atoms with Crippen LogP contribution < -0.4 is 9.47 Å². The molecule has 0 aliphatic heterocycles. The van der Waals surface area contributed by atoms with E-state index in [0.29, 0.717) is 17.9 Å². The van der Waals surface area contributed by atoms with Crippen LogP contribution in [0.4, 0.5) is 0 Å². The van der Waals surface area contributed by atoms with Crippen molar-refractivity contribution in [3.63, 3.8) is 0 Å². The average Bonchev–Trinajstić information content (AvgIpc) is 2.49. The number of hydrogen-bond donors (Lipinski definition) is 0. The molecule has 23 heavy (non-hydrogen) atoms. The second-order valence-electron chi connectivity index (χ2n) is 5.60. The maximum Gasteiger partial charge on any atom is 0.222 e. The zero-order chi connectivity index (χ0) is 17.6. The predicted octanol–water partition coefficient (Wildman–Crippen LogP) is 1.53. The Labute approximate surface area is 138 Å². The van der Waals surface area contributed by atoms with Crippen LogP contribution in [-0.4, -0.2) is 58.5 Å². The second-order valence-corrected chi connectivity index (χ2v) is 7.78. The number of sulfone groups is 1. The Kier molecular flexibility index (Phi) is 6.87. The van der Waals surface area contributed by atoms with Crippen LogP contribution in [0.2, 0.25) is 0 Å². The van der Waals surface area contributed by atoms with Crippen LogP contribution in [0.5, 0.6) is 11.5 Å². The number of carbonyl (C=O) groups is 1. The molecule has 1 amide bonds. The number of carbonyl (C=O) groups excluding carboxylic acids is 1. The molecule has 0 aliphatic carbocycles. The number of nitrogens with zero attached hydrogens (tertiary/aromatic N) is 1. The number of para-hydroxylation sites is 1. The minimum atomic E-state index is -3.12. The first kappa shape index (κ1) is 19.3. The summed E-state index contributed by atoms with van der Waals surface area (Å²) in [5, 5.41) is 0. The molecule has 1 atom stereocenters. The first-order chi connectivity index (χ1) is 10.7. The Hall–Kier alpha value is -1.76. The lowest BCUT2D eigenvalue weighted by Crippen LogP contribution is -2.39. The highest BCUT2D eigenvalue weighted by atomic mass is 32.2. The van der Waals surface area contributed by atoms with Crippen molar-refractivity contribution in [2.75, 3.05) is 33.3 Å². The fraction of sp³-hybridized carbons (Fsp3) is 0.562. The topological polar surface area (TPSA) is 72.9 Å². The third kappa shape index (κ3) is 5.74. The Morgan fingerprint density at radius 1 is 1.26 bits per heavy atom. The highest BCUT2D eigenvalue weighted by molar-refractivity contribution is 7.90. The Morgan fingerprint density at radius 3 is 2.43 bits per heavy atom. The van der Waals surface area contributed by atoms with Crippen molar-refractivity contribution < 1.29 is 22.7 Å². The third-order valence-corrected chi connectivity index (χ3v) is 4.78. The maximum atomic E-state index is 12.3. The van der Waals surface area contributed by atoms with Crippen molar-refractivity contribution in [1.82, 2.24) is 4.90 Å². The quantitative estimate of drug-likeness (QED) is 0.716. The van der Waals surface area contributed by atoms with Gasteiger partial charge in [-0.2, -0.15) is 0 Å². The summed E-state index contributed by atoms with van der Waals surface area (Å²) >= 11 is 0. The molecule has 0 bridgehead atoms. The van der Waals surface area contributed by atoms with Crippen molar-refractivity contribution in [2.24, 2.45) is 0 Å². The summed E-state index contributed by atoms with van der Waals surface area (Å²) in [5.41, 5.74) is 0.879. The molecule has 130 valence electrons. The molecule has 1 aromatic carbocycles. The van der Waals surface area contributed by atoms with Gasteiger partial charge in [0.1, 0.15) is 9.84 Å². The van der Waals surface area contributed by atoms with Crippen LogP contribution in [0.1, 0.15) is 18.9 Å². The lowest BCUT2D eigenvalue weighted by molar-refractivity contribution is -0.131. The fourth-order valence-corrected chi connectivity index (χ4v) is 3.46. The van der Waals surface area contributed by atoms with Gasteiger partial charge in [0.2, 0.25) is 5.91 Å². The average molecular weight is 343 g/mol. The molecule has 0 saturated heterocycles. The molecule has 0 aromatic heterocycles. The van der Waals surface area contributed by atoms with Gasteiger partial charge in [0.25, 0.3) is 0 Å². The smallest absolute Gasteiger partial charge is 0.222 e. The van der Waals surface area contributed by atoms with Crippen molar-refractivity contribution in [3.8, 4) is 11.5 Å². The summed E-state index contributed by atoms with van der Waals surface area (Å²) in [7, 11) is 1.63. The summed E-state index contributed by atoms with van der Waals surface area (Å²) in [4.78, 5) is 13.7. The normalized spacial score (nSPS) is 12.6. The van der Waals surface area contributed by atoms with Crippen LogP contribution in [-0.2, 0) is 21.1 Å². The Morgan fingerprint density at radius 2 is 1.91 bits per heavy atom. The molecule has 0 N–H and O–H groups in total. The molecule has 0 fully saturated rings. The van der Waals surface area contributed by atoms with Crippen molar-refractivity contribution in [2.45, 2.75) is 25.8 Å². The van der Waals surface area contributed by atoms with Gasteiger partial charge in [-0.1, -0.05) is 12.1 Å². The summed E-state index contributed by atoms with van der Waals surface area (Å²) in [6.07, 6.45) is 1.94. The van der Waals surface area contributed by atoms with E-state index < -0.39 is 9.84 Å². The van der Waals surface area contributed by atoms with E-state index in [1.54, 1.807) is 34.3 Å². The van der Waals surface area contributed by atoms with E-state index in [2.05, 4.69) is 0 Å². The van der Waals surface area contributed by atoms with E-state index >= 15 is 0 Å². The van der Waals surface area contributed by atoms with Gasteiger partial charge in [-0.25, -0.2) is 8.42 Å². The fourth-order valence-electron chi connectivity index (χ4n) is 2.36. The molecule has 1 aromatic rings. The van der Waals surface area contributed by atoms with E-state index in [1.807, 2.05) is 12.1 Å². The number of ether oxygens (including phenoxy) is 2. The van der Waals surface area contributed by atoms with Gasteiger partial charge in [-0.05, 0) is 25.0 Å². The number of amides is 1. The molecule has 0 radical (unpaired) electrons. The molecular weight excluding hydrogens is 318 g/mol. The number of benzene rings is 1. The van der Waals surface area contributed by atoms with E-state index in [4.69, 9.17) is 9.47 Å². The zero-order valence-electron chi connectivity index (χ0n) is 14.3. The van der Waals surface area contributed by atoms with E-state index in [0.717, 1.165) is 5.56 Å². The third-order valence-electron chi connectivity index (χ3n) is 3.69. The minimum Gasteiger partial charge on any atom is -0.493 e.